The minimum Gasteiger partial charge on any atom is -0.457 e. The van der Waals surface area contributed by atoms with Crippen LogP contribution >= 0.6 is 0 Å². The summed E-state index contributed by atoms with van der Waals surface area (Å²) in [4.78, 5) is 28.7. The molecule has 220 valence electrons. The molecule has 1 aromatic carbocycles. The van der Waals surface area contributed by atoms with Gasteiger partial charge in [-0.3, -0.25) is 9.48 Å². The van der Waals surface area contributed by atoms with E-state index in [1.165, 1.54) is 18.2 Å². The molecular weight excluding hydrogens is 561 g/mol. The van der Waals surface area contributed by atoms with Crippen LogP contribution in [0.1, 0.15) is 28.9 Å². The second-order valence-electron chi connectivity index (χ2n) is 11.0. The molecule has 10 nitrogen and oxygen atoms in total. The van der Waals surface area contributed by atoms with Crippen molar-refractivity contribution < 1.29 is 22.7 Å². The highest BCUT2D eigenvalue weighted by Gasteiger charge is 2.49. The van der Waals surface area contributed by atoms with Crippen molar-refractivity contribution >= 4 is 22.6 Å². The van der Waals surface area contributed by atoms with Gasteiger partial charge >= 0.3 is 12.2 Å². The Morgan fingerprint density at radius 3 is 2.70 bits per heavy atom. The molecule has 0 radical (unpaired) electrons. The lowest BCUT2D eigenvalue weighted by atomic mass is 9.79. The van der Waals surface area contributed by atoms with Crippen LogP contribution in [0, 0.1) is 23.7 Å². The summed E-state index contributed by atoms with van der Waals surface area (Å²) in [5.74, 6) is 0.244. The van der Waals surface area contributed by atoms with E-state index >= 15 is 0 Å². The van der Waals surface area contributed by atoms with Crippen LogP contribution in [0.5, 0.6) is 6.01 Å². The van der Waals surface area contributed by atoms with E-state index in [-0.39, 0.29) is 35.2 Å². The predicted octanol–water partition coefficient (Wildman–Crippen LogP) is 4.43. The third-order valence-electron chi connectivity index (χ3n) is 8.05. The Morgan fingerprint density at radius 1 is 1.19 bits per heavy atom. The van der Waals surface area contributed by atoms with Crippen LogP contribution in [-0.2, 0) is 24.6 Å². The molecule has 2 aliphatic heterocycles. The molecule has 5 heterocycles. The number of rotatable bonds is 6. The summed E-state index contributed by atoms with van der Waals surface area (Å²) in [7, 11) is 1.80. The van der Waals surface area contributed by atoms with Crippen LogP contribution in [0.2, 0.25) is 0 Å². The molecule has 6 rings (SSSR count). The number of hydrogen-bond acceptors (Lipinski definition) is 8. The first-order valence-corrected chi connectivity index (χ1v) is 13.6. The lowest BCUT2D eigenvalue weighted by molar-refractivity contribution is -0.141. The molecule has 0 unspecified atom stereocenters. The number of hydrogen-bond donors (Lipinski definition) is 0. The number of likely N-dealkylation sites (tertiary alicyclic amines) is 1. The maximum atomic E-state index is 13.2. The minimum atomic E-state index is -4.60. The lowest BCUT2D eigenvalue weighted by Gasteiger charge is -2.47. The van der Waals surface area contributed by atoms with Crippen LogP contribution in [0.3, 0.4) is 0 Å². The van der Waals surface area contributed by atoms with Gasteiger partial charge in [-0.15, -0.1) is 0 Å². The van der Waals surface area contributed by atoms with Crippen molar-refractivity contribution in [1.29, 1.82) is 5.26 Å². The van der Waals surface area contributed by atoms with E-state index in [0.717, 1.165) is 29.0 Å². The van der Waals surface area contributed by atoms with Crippen LogP contribution in [0.4, 0.5) is 19.0 Å². The first-order chi connectivity index (χ1) is 20.5. The summed E-state index contributed by atoms with van der Waals surface area (Å²) >= 11 is 0. The third kappa shape index (κ3) is 5.03. The van der Waals surface area contributed by atoms with Gasteiger partial charge < -0.3 is 14.5 Å². The number of carbonyl (C=O) groups excluding carboxylic acids is 1. The quantitative estimate of drug-likeness (QED) is 0.304. The summed E-state index contributed by atoms with van der Waals surface area (Å²) in [6.07, 6.45) is -0.785. The molecule has 4 aromatic rings. The van der Waals surface area contributed by atoms with E-state index in [4.69, 9.17) is 4.74 Å². The van der Waals surface area contributed by atoms with Crippen molar-refractivity contribution in [3.05, 3.63) is 71.7 Å². The van der Waals surface area contributed by atoms with E-state index in [1.54, 1.807) is 22.8 Å². The fourth-order valence-electron chi connectivity index (χ4n) is 5.95. The van der Waals surface area contributed by atoms with E-state index in [2.05, 4.69) is 32.7 Å². The standard InChI is InChI=1S/C30H27F3N8O2/c1-4-23(42)41-16-29(17-41)10-11-40(15-29)27-21(12-34)25(24-18(2)8-9-19-13-35-39(3)26(19)24)37-28(38-27)43-14-20-6-5-7-22(36-20)30(31,32)33/h4-9,13H,1,10-11,14-17H2,2-3H3. The first-order valence-electron chi connectivity index (χ1n) is 13.6. The topological polar surface area (TPSA) is 113 Å². The average Bonchev–Trinajstić information content (AvgIpc) is 3.59. The van der Waals surface area contributed by atoms with E-state index in [0.29, 0.717) is 43.3 Å². The number of benzene rings is 1. The van der Waals surface area contributed by atoms with E-state index in [9.17, 15) is 23.2 Å². The summed E-state index contributed by atoms with van der Waals surface area (Å²) in [6.45, 7) is 7.45. The van der Waals surface area contributed by atoms with Crippen molar-refractivity contribution in [3.8, 4) is 23.3 Å². The highest BCUT2D eigenvalue weighted by molar-refractivity contribution is 5.97. The molecular formula is C30H27F3N8O2. The SMILES string of the molecule is C=CC(=O)N1CC2(CCN(c3nc(OCc4cccc(C(F)(F)F)n4)nc(-c4c(C)ccc5cnn(C)c45)c3C#N)C2)C1. The van der Waals surface area contributed by atoms with Crippen molar-refractivity contribution in [1.82, 2.24) is 29.6 Å². The second-order valence-corrected chi connectivity index (χ2v) is 11.0. The van der Waals surface area contributed by atoms with Gasteiger partial charge in [0.1, 0.15) is 23.9 Å². The number of ether oxygens (including phenoxy) is 1. The van der Waals surface area contributed by atoms with Gasteiger partial charge in [0.15, 0.2) is 5.82 Å². The number of fused-ring (bicyclic) bond motifs is 1. The molecule has 2 aliphatic rings. The number of halogens is 3. The fraction of sp³-hybridized carbons (Fsp3) is 0.333. The van der Waals surface area contributed by atoms with Crippen LogP contribution in [0.25, 0.3) is 22.2 Å². The predicted molar refractivity (Wildman–Crippen MR) is 151 cm³/mol. The van der Waals surface area contributed by atoms with E-state index in [1.807, 2.05) is 24.0 Å². The Bertz CT molecular complexity index is 1800. The normalized spacial score (nSPS) is 15.9. The Morgan fingerprint density at radius 2 is 1.98 bits per heavy atom. The van der Waals surface area contributed by atoms with Gasteiger partial charge in [0.05, 0.1) is 23.1 Å². The zero-order valence-corrected chi connectivity index (χ0v) is 23.5. The Hall–Kier alpha value is -4.99. The molecule has 0 aliphatic carbocycles. The molecule has 0 saturated carbocycles. The molecule has 0 bridgehead atoms. The first kappa shape index (κ1) is 28.1. The lowest BCUT2D eigenvalue weighted by Crippen LogP contribution is -2.59. The Kier molecular flexibility index (Phi) is 6.79. The maximum absolute atomic E-state index is 13.2. The number of amides is 1. The van der Waals surface area contributed by atoms with Gasteiger partial charge in [0.2, 0.25) is 5.91 Å². The Labute approximate surface area is 245 Å². The molecule has 0 atom stereocenters. The summed E-state index contributed by atoms with van der Waals surface area (Å²) in [5.41, 5.74) is 1.76. The van der Waals surface area contributed by atoms with E-state index < -0.39 is 11.9 Å². The van der Waals surface area contributed by atoms with Crippen molar-refractivity contribution in [2.45, 2.75) is 26.1 Å². The highest BCUT2D eigenvalue weighted by atomic mass is 19.4. The Balaban J connectivity index is 1.42. The number of pyridine rings is 1. The zero-order valence-electron chi connectivity index (χ0n) is 23.5. The van der Waals surface area contributed by atoms with Gasteiger partial charge in [0, 0.05) is 49.6 Å². The molecule has 0 N–H and O–H groups in total. The highest BCUT2D eigenvalue weighted by Crippen LogP contribution is 2.43. The van der Waals surface area contributed by atoms with Gasteiger partial charge in [-0.25, -0.2) is 4.98 Å². The molecule has 2 saturated heterocycles. The van der Waals surface area contributed by atoms with Gasteiger partial charge in [-0.2, -0.15) is 33.5 Å². The van der Waals surface area contributed by atoms with Gasteiger partial charge in [-0.05, 0) is 37.1 Å². The number of alkyl halides is 3. The van der Waals surface area contributed by atoms with Crippen LogP contribution in [0.15, 0.2) is 49.2 Å². The molecule has 3 aromatic heterocycles. The smallest absolute Gasteiger partial charge is 0.433 e. The molecule has 43 heavy (non-hydrogen) atoms. The number of carbonyl (C=O) groups is 1. The number of aryl methyl sites for hydroxylation is 2. The minimum absolute atomic E-state index is 0.0531. The largest absolute Gasteiger partial charge is 0.457 e. The number of anilines is 1. The zero-order chi connectivity index (χ0) is 30.5. The van der Waals surface area contributed by atoms with Crippen LogP contribution in [-0.4, -0.2) is 61.7 Å². The summed E-state index contributed by atoms with van der Waals surface area (Å²) in [6, 6.07) is 9.64. The summed E-state index contributed by atoms with van der Waals surface area (Å²) in [5, 5.41) is 15.7. The summed E-state index contributed by atoms with van der Waals surface area (Å²) < 4.78 is 47.3. The monoisotopic (exact) mass is 588 g/mol. The fourth-order valence-corrected chi connectivity index (χ4v) is 5.95. The van der Waals surface area contributed by atoms with Crippen molar-refractivity contribution in [2.75, 3.05) is 31.1 Å². The molecule has 1 spiro atoms. The van der Waals surface area contributed by atoms with Gasteiger partial charge in [-0.1, -0.05) is 24.8 Å². The average molecular weight is 589 g/mol. The van der Waals surface area contributed by atoms with Crippen molar-refractivity contribution in [3.63, 3.8) is 0 Å². The third-order valence-corrected chi connectivity index (χ3v) is 8.05. The molecule has 13 heteroatoms. The van der Waals surface area contributed by atoms with Crippen LogP contribution < -0.4 is 9.64 Å². The number of nitrogens with zero attached hydrogens (tertiary/aromatic N) is 8. The maximum Gasteiger partial charge on any atom is 0.433 e. The molecule has 2 fully saturated rings. The van der Waals surface area contributed by atoms with Crippen molar-refractivity contribution in [2.24, 2.45) is 12.5 Å². The number of nitriles is 1. The number of aromatic nitrogens is 5. The second kappa shape index (κ2) is 10.4. The molecule has 1 amide bonds. The van der Waals surface area contributed by atoms with Gasteiger partial charge in [0.25, 0.3) is 0 Å².